The molecule has 0 aliphatic heterocycles. The van der Waals surface area contributed by atoms with Gasteiger partial charge in [0.1, 0.15) is 22.8 Å². The van der Waals surface area contributed by atoms with Crippen molar-refractivity contribution in [2.75, 3.05) is 0 Å². The maximum absolute atomic E-state index is 14.3. The normalized spacial score (nSPS) is 21.1. The molecule has 0 amide bonds. The molecule has 2 aliphatic carbocycles. The molecule has 120 valence electrons. The van der Waals surface area contributed by atoms with Gasteiger partial charge in [0.05, 0.1) is 0 Å². The van der Waals surface area contributed by atoms with Gasteiger partial charge in [-0.2, -0.15) is 0 Å². The molecule has 1 nitrogen and oxygen atoms in total. The molecule has 0 saturated heterocycles. The molecule has 0 aromatic heterocycles. The van der Waals surface area contributed by atoms with Crippen LogP contribution < -0.4 is 4.74 Å². The van der Waals surface area contributed by atoms with Gasteiger partial charge in [-0.3, -0.25) is 0 Å². The lowest BCUT2D eigenvalue weighted by molar-refractivity contribution is 0.0607. The highest BCUT2D eigenvalue weighted by Crippen LogP contribution is 2.46. The Morgan fingerprint density at radius 3 is 1.22 bits per heavy atom. The van der Waals surface area contributed by atoms with Crippen molar-refractivity contribution in [1.29, 1.82) is 0 Å². The van der Waals surface area contributed by atoms with Crippen molar-refractivity contribution in [3.05, 3.63) is 59.7 Å². The fourth-order valence-electron chi connectivity index (χ4n) is 3.33. The van der Waals surface area contributed by atoms with Gasteiger partial charge in [0.25, 0.3) is 0 Å². The molecular weight excluding hydrogens is 294 g/mol. The van der Waals surface area contributed by atoms with Crippen molar-refractivity contribution < 1.29 is 13.5 Å². The number of benzene rings is 2. The number of alkyl halides is 2. The summed E-state index contributed by atoms with van der Waals surface area (Å²) in [5.74, 6) is 1.34. The van der Waals surface area contributed by atoms with Crippen LogP contribution in [0.4, 0.5) is 8.78 Å². The number of rotatable bonds is 4. The molecule has 0 heterocycles. The molecule has 0 atom stereocenters. The van der Waals surface area contributed by atoms with Crippen LogP contribution in [-0.4, -0.2) is 0 Å². The molecule has 2 aromatic rings. The van der Waals surface area contributed by atoms with Crippen molar-refractivity contribution in [1.82, 2.24) is 0 Å². The first-order valence-corrected chi connectivity index (χ1v) is 8.34. The van der Waals surface area contributed by atoms with Crippen molar-refractivity contribution in [3.63, 3.8) is 0 Å². The first kappa shape index (κ1) is 14.7. The predicted molar refractivity (Wildman–Crippen MR) is 86.2 cm³/mol. The lowest BCUT2D eigenvalue weighted by Gasteiger charge is -2.34. The van der Waals surface area contributed by atoms with Crippen molar-refractivity contribution in [3.8, 4) is 11.5 Å². The van der Waals surface area contributed by atoms with Crippen LogP contribution in [0.15, 0.2) is 48.5 Å². The lowest BCUT2D eigenvalue weighted by atomic mass is 9.77. The van der Waals surface area contributed by atoms with E-state index in [0.29, 0.717) is 37.2 Å². The molecule has 0 spiro atoms. The largest absolute Gasteiger partial charge is 0.457 e. The second-order valence-electron chi connectivity index (χ2n) is 6.79. The molecule has 0 bridgehead atoms. The Morgan fingerprint density at radius 2 is 0.957 bits per heavy atom. The second-order valence-corrected chi connectivity index (χ2v) is 6.79. The molecule has 23 heavy (non-hydrogen) atoms. The number of ether oxygens (including phenoxy) is 1. The number of hydrogen-bond acceptors (Lipinski definition) is 1. The molecule has 2 fully saturated rings. The predicted octanol–water partition coefficient (Wildman–Crippen LogP) is 6.18. The fraction of sp³-hybridized carbons (Fsp3) is 0.400. The van der Waals surface area contributed by atoms with E-state index < -0.39 is 11.3 Å². The van der Waals surface area contributed by atoms with E-state index in [1.807, 2.05) is 0 Å². The van der Waals surface area contributed by atoms with E-state index in [1.54, 1.807) is 48.5 Å². The van der Waals surface area contributed by atoms with E-state index in [4.69, 9.17) is 4.74 Å². The molecule has 0 N–H and O–H groups in total. The average Bonchev–Trinajstić information content (AvgIpc) is 2.52. The molecule has 2 aromatic carbocycles. The van der Waals surface area contributed by atoms with E-state index in [9.17, 15) is 8.78 Å². The highest BCUT2D eigenvalue weighted by Gasteiger charge is 2.39. The van der Waals surface area contributed by atoms with Crippen LogP contribution in [0.5, 0.6) is 11.5 Å². The number of halogens is 2. The Bertz CT molecular complexity index is 621. The maximum atomic E-state index is 14.3. The Hall–Kier alpha value is -1.90. The molecular formula is C20H20F2O. The first-order chi connectivity index (χ1) is 11.1. The minimum atomic E-state index is -1.14. The topological polar surface area (TPSA) is 9.23 Å². The van der Waals surface area contributed by atoms with Crippen LogP contribution in [0.1, 0.15) is 49.7 Å². The SMILES string of the molecule is FC1(c2ccc(Oc3ccc(C4(F)CCC4)cc3)cc2)CCC1. The van der Waals surface area contributed by atoms with Gasteiger partial charge < -0.3 is 4.74 Å². The molecule has 0 unspecified atom stereocenters. The summed E-state index contributed by atoms with van der Waals surface area (Å²) in [5.41, 5.74) is -0.817. The van der Waals surface area contributed by atoms with E-state index >= 15 is 0 Å². The second kappa shape index (κ2) is 5.33. The summed E-state index contributed by atoms with van der Waals surface area (Å²) in [6, 6.07) is 14.4. The van der Waals surface area contributed by atoms with Gasteiger partial charge in [-0.1, -0.05) is 24.3 Å². The fourth-order valence-corrected chi connectivity index (χ4v) is 3.33. The highest BCUT2D eigenvalue weighted by molar-refractivity contribution is 5.38. The Labute approximate surface area is 135 Å². The first-order valence-electron chi connectivity index (χ1n) is 8.34. The van der Waals surface area contributed by atoms with Crippen molar-refractivity contribution in [2.24, 2.45) is 0 Å². The summed E-state index contributed by atoms with van der Waals surface area (Å²) >= 11 is 0. The van der Waals surface area contributed by atoms with E-state index in [-0.39, 0.29) is 0 Å². The minimum Gasteiger partial charge on any atom is -0.457 e. The zero-order valence-corrected chi connectivity index (χ0v) is 13.0. The highest BCUT2D eigenvalue weighted by atomic mass is 19.1. The summed E-state index contributed by atoms with van der Waals surface area (Å²) in [5, 5.41) is 0. The molecule has 2 saturated carbocycles. The molecule has 2 aliphatic rings. The number of hydrogen-bond donors (Lipinski definition) is 0. The third-order valence-corrected chi connectivity index (χ3v) is 5.27. The van der Waals surface area contributed by atoms with Gasteiger partial charge >= 0.3 is 0 Å². The Balaban J connectivity index is 1.45. The van der Waals surface area contributed by atoms with Crippen LogP contribution in [0.2, 0.25) is 0 Å². The third kappa shape index (κ3) is 2.62. The molecule has 3 heteroatoms. The van der Waals surface area contributed by atoms with Gasteiger partial charge in [-0.25, -0.2) is 8.78 Å². The van der Waals surface area contributed by atoms with E-state index in [2.05, 4.69) is 0 Å². The van der Waals surface area contributed by atoms with Gasteiger partial charge in [0.15, 0.2) is 0 Å². The summed E-state index contributed by atoms with van der Waals surface area (Å²) in [7, 11) is 0. The van der Waals surface area contributed by atoms with Gasteiger partial charge in [-0.15, -0.1) is 0 Å². The summed E-state index contributed by atoms with van der Waals surface area (Å²) in [4.78, 5) is 0. The lowest BCUT2D eigenvalue weighted by Crippen LogP contribution is -2.28. The van der Waals surface area contributed by atoms with Crippen LogP contribution in [-0.2, 0) is 11.3 Å². The third-order valence-electron chi connectivity index (χ3n) is 5.27. The summed E-state index contributed by atoms with van der Waals surface area (Å²) < 4.78 is 34.4. The Kier molecular flexibility index (Phi) is 3.40. The van der Waals surface area contributed by atoms with Gasteiger partial charge in [0.2, 0.25) is 0 Å². The van der Waals surface area contributed by atoms with Crippen LogP contribution >= 0.6 is 0 Å². The Morgan fingerprint density at radius 1 is 0.609 bits per heavy atom. The average molecular weight is 314 g/mol. The van der Waals surface area contributed by atoms with E-state index in [1.165, 1.54) is 0 Å². The van der Waals surface area contributed by atoms with Crippen LogP contribution in [0, 0.1) is 0 Å². The van der Waals surface area contributed by atoms with Gasteiger partial charge in [0, 0.05) is 0 Å². The smallest absolute Gasteiger partial charge is 0.136 e. The zero-order valence-electron chi connectivity index (χ0n) is 13.0. The summed E-state index contributed by atoms with van der Waals surface area (Å²) in [6.07, 6.45) is 4.35. The monoisotopic (exact) mass is 314 g/mol. The van der Waals surface area contributed by atoms with E-state index in [0.717, 1.165) is 24.0 Å². The standard InChI is InChI=1S/C20H20F2O/c21-19(11-1-12-19)15-3-7-17(8-4-15)23-18-9-5-16(6-10-18)20(22)13-2-14-20/h3-10H,1-2,11-14H2. The van der Waals surface area contributed by atoms with Crippen LogP contribution in [0.3, 0.4) is 0 Å². The molecule has 0 radical (unpaired) electrons. The summed E-state index contributed by atoms with van der Waals surface area (Å²) in [6.45, 7) is 0. The van der Waals surface area contributed by atoms with Gasteiger partial charge in [-0.05, 0) is 73.9 Å². The van der Waals surface area contributed by atoms with Crippen molar-refractivity contribution >= 4 is 0 Å². The van der Waals surface area contributed by atoms with Crippen molar-refractivity contribution in [2.45, 2.75) is 49.9 Å². The molecule has 4 rings (SSSR count). The zero-order chi connectivity index (χ0) is 15.9. The minimum absolute atomic E-state index is 0.611. The maximum Gasteiger partial charge on any atom is 0.136 e. The van der Waals surface area contributed by atoms with Crippen LogP contribution in [0.25, 0.3) is 0 Å². The quantitative estimate of drug-likeness (QED) is 0.655.